The summed E-state index contributed by atoms with van der Waals surface area (Å²) < 4.78 is 0. The maximum Gasteiger partial charge on any atom is 0.0914 e. The number of fused-ring (bicyclic) bond motifs is 1. The standard InChI is InChI=1S/C19H19NO/c21-19(16-8-2-1-3-9-16)14-20-13-17-11-6-10-15-7-4-5-12-18(15)17/h1-12,19-21H,13-14H2/t19-/m1/s1. The second kappa shape index (κ2) is 6.53. The van der Waals surface area contributed by atoms with Crippen molar-refractivity contribution in [2.45, 2.75) is 12.6 Å². The molecule has 0 fully saturated rings. The van der Waals surface area contributed by atoms with E-state index in [1.165, 1.54) is 16.3 Å². The number of nitrogens with one attached hydrogen (secondary N) is 1. The van der Waals surface area contributed by atoms with Crippen LogP contribution in [0.4, 0.5) is 0 Å². The highest BCUT2D eigenvalue weighted by Crippen LogP contribution is 2.18. The minimum atomic E-state index is -0.471. The maximum atomic E-state index is 10.1. The molecule has 0 saturated heterocycles. The number of hydrogen-bond acceptors (Lipinski definition) is 2. The highest BCUT2D eigenvalue weighted by atomic mass is 16.3. The van der Waals surface area contributed by atoms with Gasteiger partial charge in [-0.05, 0) is 21.9 Å². The van der Waals surface area contributed by atoms with Gasteiger partial charge in [0.25, 0.3) is 0 Å². The molecule has 106 valence electrons. The van der Waals surface area contributed by atoms with Crippen LogP contribution in [0.25, 0.3) is 10.8 Å². The summed E-state index contributed by atoms with van der Waals surface area (Å²) in [5, 5.41) is 16.0. The van der Waals surface area contributed by atoms with Gasteiger partial charge in [0.05, 0.1) is 6.10 Å². The Morgan fingerprint density at radius 2 is 1.52 bits per heavy atom. The molecule has 3 aromatic rings. The average Bonchev–Trinajstić information content (AvgIpc) is 2.56. The normalized spacial score (nSPS) is 12.4. The summed E-state index contributed by atoms with van der Waals surface area (Å²) in [6.07, 6.45) is -0.471. The van der Waals surface area contributed by atoms with Gasteiger partial charge in [0.15, 0.2) is 0 Å². The fourth-order valence-corrected chi connectivity index (χ4v) is 2.58. The summed E-state index contributed by atoms with van der Waals surface area (Å²) in [5.74, 6) is 0. The molecule has 0 aliphatic carbocycles. The molecule has 2 N–H and O–H groups in total. The van der Waals surface area contributed by atoms with Gasteiger partial charge in [-0.3, -0.25) is 0 Å². The molecule has 2 heteroatoms. The van der Waals surface area contributed by atoms with Gasteiger partial charge in [-0.1, -0.05) is 72.8 Å². The molecular formula is C19H19NO. The summed E-state index contributed by atoms with van der Waals surface area (Å²) in [4.78, 5) is 0. The van der Waals surface area contributed by atoms with Crippen LogP contribution in [0, 0.1) is 0 Å². The monoisotopic (exact) mass is 277 g/mol. The lowest BCUT2D eigenvalue weighted by Crippen LogP contribution is -2.21. The molecule has 0 aromatic heterocycles. The van der Waals surface area contributed by atoms with Crippen molar-refractivity contribution < 1.29 is 5.11 Å². The van der Waals surface area contributed by atoms with Gasteiger partial charge in [-0.2, -0.15) is 0 Å². The molecule has 0 aliphatic rings. The zero-order valence-corrected chi connectivity index (χ0v) is 11.9. The SMILES string of the molecule is O[C@H](CNCc1cccc2ccccc12)c1ccccc1. The van der Waals surface area contributed by atoms with Crippen LogP contribution in [0.5, 0.6) is 0 Å². The van der Waals surface area contributed by atoms with Gasteiger partial charge < -0.3 is 10.4 Å². The third kappa shape index (κ3) is 3.30. The molecular weight excluding hydrogens is 258 g/mol. The number of aliphatic hydroxyl groups excluding tert-OH is 1. The van der Waals surface area contributed by atoms with Gasteiger partial charge in [-0.25, -0.2) is 0 Å². The lowest BCUT2D eigenvalue weighted by molar-refractivity contribution is 0.174. The predicted octanol–water partition coefficient (Wildman–Crippen LogP) is 3.66. The third-order valence-electron chi connectivity index (χ3n) is 3.72. The van der Waals surface area contributed by atoms with Crippen LogP contribution in [-0.2, 0) is 6.54 Å². The summed E-state index contributed by atoms with van der Waals surface area (Å²) in [7, 11) is 0. The minimum Gasteiger partial charge on any atom is -0.387 e. The van der Waals surface area contributed by atoms with Crippen LogP contribution in [0.1, 0.15) is 17.2 Å². The number of hydrogen-bond donors (Lipinski definition) is 2. The van der Waals surface area contributed by atoms with Gasteiger partial charge in [-0.15, -0.1) is 0 Å². The van der Waals surface area contributed by atoms with E-state index in [2.05, 4.69) is 47.8 Å². The molecule has 1 atom stereocenters. The van der Waals surface area contributed by atoms with Crippen LogP contribution in [0.2, 0.25) is 0 Å². The van der Waals surface area contributed by atoms with E-state index in [1.54, 1.807) is 0 Å². The highest BCUT2D eigenvalue weighted by molar-refractivity contribution is 5.85. The van der Waals surface area contributed by atoms with E-state index in [-0.39, 0.29) is 0 Å². The highest BCUT2D eigenvalue weighted by Gasteiger charge is 2.06. The topological polar surface area (TPSA) is 32.3 Å². The van der Waals surface area contributed by atoms with Crippen LogP contribution < -0.4 is 5.32 Å². The van der Waals surface area contributed by atoms with Crippen molar-refractivity contribution in [3.05, 3.63) is 83.9 Å². The second-order valence-electron chi connectivity index (χ2n) is 5.20. The van der Waals surface area contributed by atoms with Crippen LogP contribution in [0.15, 0.2) is 72.8 Å². The number of aliphatic hydroxyl groups is 1. The largest absolute Gasteiger partial charge is 0.387 e. The molecule has 0 spiro atoms. The van der Waals surface area contributed by atoms with Crippen molar-refractivity contribution in [3.63, 3.8) is 0 Å². The molecule has 0 saturated carbocycles. The zero-order valence-electron chi connectivity index (χ0n) is 11.9. The molecule has 3 rings (SSSR count). The molecule has 0 aliphatic heterocycles. The van der Waals surface area contributed by atoms with Crippen molar-refractivity contribution in [2.75, 3.05) is 6.54 Å². The van der Waals surface area contributed by atoms with E-state index < -0.39 is 6.10 Å². The van der Waals surface area contributed by atoms with E-state index in [0.29, 0.717) is 6.54 Å². The first-order valence-corrected chi connectivity index (χ1v) is 7.25. The summed E-state index contributed by atoms with van der Waals surface area (Å²) in [6.45, 7) is 1.30. The molecule has 0 unspecified atom stereocenters. The Morgan fingerprint density at radius 1 is 0.810 bits per heavy atom. The van der Waals surface area contributed by atoms with Gasteiger partial charge in [0, 0.05) is 13.1 Å². The fourth-order valence-electron chi connectivity index (χ4n) is 2.58. The smallest absolute Gasteiger partial charge is 0.0914 e. The maximum absolute atomic E-state index is 10.1. The Hall–Kier alpha value is -2.16. The summed E-state index contributed by atoms with van der Waals surface area (Å²) in [6, 6.07) is 24.5. The average molecular weight is 277 g/mol. The van der Waals surface area contributed by atoms with Gasteiger partial charge in [0.1, 0.15) is 0 Å². The van der Waals surface area contributed by atoms with Gasteiger partial charge >= 0.3 is 0 Å². The number of rotatable bonds is 5. The zero-order chi connectivity index (χ0) is 14.5. The molecule has 0 radical (unpaired) electrons. The van der Waals surface area contributed by atoms with E-state index in [4.69, 9.17) is 0 Å². The predicted molar refractivity (Wildman–Crippen MR) is 87.1 cm³/mol. The first-order valence-electron chi connectivity index (χ1n) is 7.25. The van der Waals surface area contributed by atoms with Gasteiger partial charge in [0.2, 0.25) is 0 Å². The van der Waals surface area contributed by atoms with Crippen molar-refractivity contribution in [1.29, 1.82) is 0 Å². The van der Waals surface area contributed by atoms with Crippen molar-refractivity contribution in [1.82, 2.24) is 5.32 Å². The fraction of sp³-hybridized carbons (Fsp3) is 0.158. The Morgan fingerprint density at radius 3 is 2.38 bits per heavy atom. The van der Waals surface area contributed by atoms with Crippen molar-refractivity contribution in [3.8, 4) is 0 Å². The molecule has 3 aromatic carbocycles. The van der Waals surface area contributed by atoms with Crippen molar-refractivity contribution in [2.24, 2.45) is 0 Å². The first kappa shape index (κ1) is 13.8. The lowest BCUT2D eigenvalue weighted by atomic mass is 10.0. The summed E-state index contributed by atoms with van der Waals surface area (Å²) >= 11 is 0. The lowest BCUT2D eigenvalue weighted by Gasteiger charge is -2.13. The molecule has 0 heterocycles. The molecule has 0 amide bonds. The second-order valence-corrected chi connectivity index (χ2v) is 5.20. The molecule has 0 bridgehead atoms. The van der Waals surface area contributed by atoms with E-state index >= 15 is 0 Å². The Balaban J connectivity index is 1.65. The first-order chi connectivity index (χ1) is 10.3. The quantitative estimate of drug-likeness (QED) is 0.746. The Bertz CT molecular complexity index is 704. The van der Waals surface area contributed by atoms with Crippen LogP contribution >= 0.6 is 0 Å². The van der Waals surface area contributed by atoms with Crippen LogP contribution in [0.3, 0.4) is 0 Å². The van der Waals surface area contributed by atoms with Crippen LogP contribution in [-0.4, -0.2) is 11.7 Å². The van der Waals surface area contributed by atoms with Crippen molar-refractivity contribution >= 4 is 10.8 Å². The minimum absolute atomic E-state index is 0.471. The van der Waals surface area contributed by atoms with E-state index in [0.717, 1.165) is 12.1 Å². The van der Waals surface area contributed by atoms with E-state index in [1.807, 2.05) is 30.3 Å². The molecule has 2 nitrogen and oxygen atoms in total. The number of benzene rings is 3. The molecule has 21 heavy (non-hydrogen) atoms. The Labute approximate surface area is 125 Å². The summed E-state index contributed by atoms with van der Waals surface area (Å²) in [5.41, 5.74) is 2.20. The van der Waals surface area contributed by atoms with E-state index in [9.17, 15) is 5.11 Å². The Kier molecular flexibility index (Phi) is 4.29. The third-order valence-corrected chi connectivity index (χ3v) is 3.72.